The van der Waals surface area contributed by atoms with Gasteiger partial charge >= 0.3 is 0 Å². The van der Waals surface area contributed by atoms with E-state index >= 15 is 0 Å². The van der Waals surface area contributed by atoms with Gasteiger partial charge in [0.05, 0.1) is 10.0 Å². The van der Waals surface area contributed by atoms with Gasteiger partial charge in [0.25, 0.3) is 5.91 Å². The summed E-state index contributed by atoms with van der Waals surface area (Å²) < 4.78 is 6.81. The van der Waals surface area contributed by atoms with Gasteiger partial charge in [0.1, 0.15) is 11.8 Å². The molecule has 0 aliphatic carbocycles. The maximum absolute atomic E-state index is 13.7. The van der Waals surface area contributed by atoms with Crippen LogP contribution in [0.2, 0.25) is 10.0 Å². The number of halogens is 3. The third-order valence-electron chi connectivity index (χ3n) is 5.78. The lowest BCUT2D eigenvalue weighted by Crippen LogP contribution is -2.52. The van der Waals surface area contributed by atoms with Crippen LogP contribution in [0.3, 0.4) is 0 Å². The van der Waals surface area contributed by atoms with Crippen molar-refractivity contribution in [2.45, 2.75) is 39.8 Å². The van der Waals surface area contributed by atoms with E-state index in [1.165, 1.54) is 0 Å². The molecule has 0 radical (unpaired) electrons. The molecule has 3 aromatic rings. The number of carbonyl (C=O) groups excluding carboxylic acids is 2. The molecule has 1 atom stereocenters. The average molecular weight is 606 g/mol. The van der Waals surface area contributed by atoms with Crippen LogP contribution in [-0.2, 0) is 22.6 Å². The lowest BCUT2D eigenvalue weighted by molar-refractivity contribution is -0.142. The molecule has 0 saturated heterocycles. The Hall–Kier alpha value is -2.54. The summed E-state index contributed by atoms with van der Waals surface area (Å²) in [6.45, 7) is 6.46. The highest BCUT2D eigenvalue weighted by Gasteiger charge is 2.31. The summed E-state index contributed by atoms with van der Waals surface area (Å²) in [5.74, 6) is 0.314. The van der Waals surface area contributed by atoms with E-state index in [2.05, 4.69) is 21.2 Å². The summed E-state index contributed by atoms with van der Waals surface area (Å²) in [6, 6.07) is 19.6. The van der Waals surface area contributed by atoms with Crippen molar-refractivity contribution < 1.29 is 14.3 Å². The van der Waals surface area contributed by atoms with Crippen LogP contribution in [0.1, 0.15) is 30.5 Å². The van der Waals surface area contributed by atoms with Crippen LogP contribution in [-0.4, -0.2) is 35.9 Å². The van der Waals surface area contributed by atoms with E-state index in [0.29, 0.717) is 28.8 Å². The van der Waals surface area contributed by atoms with E-state index in [1.54, 1.807) is 29.2 Å². The highest BCUT2D eigenvalue weighted by Crippen LogP contribution is 2.25. The molecule has 0 heterocycles. The standard InChI is InChI=1S/C29H31BrCl2N2O3/c1-19(2)16-33-29(36)27(15-21-7-5-4-6-8-21)34(17-22-9-12-25(31)26(32)14-22)28(35)18-37-23-10-11-24(30)20(3)13-23/h4-14,19,27H,15-18H2,1-3H3,(H,33,36). The zero-order valence-corrected chi connectivity index (χ0v) is 24.2. The van der Waals surface area contributed by atoms with E-state index in [4.69, 9.17) is 27.9 Å². The molecule has 0 saturated carbocycles. The number of nitrogens with zero attached hydrogens (tertiary/aromatic N) is 1. The highest BCUT2D eigenvalue weighted by atomic mass is 79.9. The Bertz CT molecular complexity index is 1220. The maximum atomic E-state index is 13.7. The van der Waals surface area contributed by atoms with E-state index in [9.17, 15) is 9.59 Å². The summed E-state index contributed by atoms with van der Waals surface area (Å²) in [4.78, 5) is 28.7. The zero-order chi connectivity index (χ0) is 26.9. The Morgan fingerprint density at radius 2 is 1.70 bits per heavy atom. The maximum Gasteiger partial charge on any atom is 0.261 e. The Balaban J connectivity index is 1.92. The topological polar surface area (TPSA) is 58.6 Å². The van der Waals surface area contributed by atoms with E-state index in [0.717, 1.165) is 21.2 Å². The lowest BCUT2D eigenvalue weighted by Gasteiger charge is -2.32. The Kier molecular flexibility index (Phi) is 10.9. The SMILES string of the molecule is Cc1cc(OCC(=O)N(Cc2ccc(Cl)c(Cl)c2)C(Cc2ccccc2)C(=O)NCC(C)C)ccc1Br. The van der Waals surface area contributed by atoms with Crippen LogP contribution >= 0.6 is 39.1 Å². The second-order valence-electron chi connectivity index (χ2n) is 9.31. The highest BCUT2D eigenvalue weighted by molar-refractivity contribution is 9.10. The predicted octanol–water partition coefficient (Wildman–Crippen LogP) is 6.86. The van der Waals surface area contributed by atoms with Crippen molar-refractivity contribution in [2.24, 2.45) is 5.92 Å². The first-order valence-corrected chi connectivity index (χ1v) is 13.6. The number of carbonyl (C=O) groups is 2. The fourth-order valence-corrected chi connectivity index (χ4v) is 4.31. The van der Waals surface area contributed by atoms with Crippen LogP contribution in [0.15, 0.2) is 71.2 Å². The molecule has 0 spiro atoms. The summed E-state index contributed by atoms with van der Waals surface area (Å²) in [5, 5.41) is 3.82. The first-order chi connectivity index (χ1) is 17.6. The number of aryl methyl sites for hydroxylation is 1. The fourth-order valence-electron chi connectivity index (χ4n) is 3.75. The van der Waals surface area contributed by atoms with Crippen molar-refractivity contribution in [2.75, 3.05) is 13.2 Å². The normalized spacial score (nSPS) is 11.8. The second-order valence-corrected chi connectivity index (χ2v) is 11.0. The smallest absolute Gasteiger partial charge is 0.261 e. The number of hydrogen-bond acceptors (Lipinski definition) is 3. The van der Waals surface area contributed by atoms with Crippen molar-refractivity contribution in [3.63, 3.8) is 0 Å². The third-order valence-corrected chi connectivity index (χ3v) is 7.41. The van der Waals surface area contributed by atoms with Gasteiger partial charge in [-0.3, -0.25) is 9.59 Å². The molecule has 5 nitrogen and oxygen atoms in total. The fraction of sp³-hybridized carbons (Fsp3) is 0.310. The average Bonchev–Trinajstić information content (AvgIpc) is 2.87. The summed E-state index contributed by atoms with van der Waals surface area (Å²) >= 11 is 15.8. The van der Waals surface area contributed by atoms with E-state index in [1.807, 2.05) is 63.2 Å². The van der Waals surface area contributed by atoms with Crippen molar-refractivity contribution in [1.29, 1.82) is 0 Å². The van der Waals surface area contributed by atoms with E-state index < -0.39 is 6.04 Å². The van der Waals surface area contributed by atoms with Crippen molar-refractivity contribution >= 4 is 50.9 Å². The summed E-state index contributed by atoms with van der Waals surface area (Å²) in [6.07, 6.45) is 0.356. The monoisotopic (exact) mass is 604 g/mol. The lowest BCUT2D eigenvalue weighted by atomic mass is 10.0. The van der Waals surface area contributed by atoms with Gasteiger partial charge in [0.15, 0.2) is 6.61 Å². The third kappa shape index (κ3) is 8.77. The summed E-state index contributed by atoms with van der Waals surface area (Å²) in [5.41, 5.74) is 2.70. The minimum Gasteiger partial charge on any atom is -0.484 e. The van der Waals surface area contributed by atoms with Crippen LogP contribution in [0.5, 0.6) is 5.75 Å². The quantitative estimate of drug-likeness (QED) is 0.260. The number of amides is 2. The van der Waals surface area contributed by atoms with Crippen LogP contribution in [0.4, 0.5) is 0 Å². The van der Waals surface area contributed by atoms with Gasteiger partial charge in [0, 0.05) is 24.0 Å². The van der Waals surface area contributed by atoms with Crippen LogP contribution in [0.25, 0.3) is 0 Å². The number of rotatable bonds is 11. The van der Waals surface area contributed by atoms with Gasteiger partial charge in [-0.15, -0.1) is 0 Å². The molecule has 0 fully saturated rings. The molecule has 0 aromatic heterocycles. The Morgan fingerprint density at radius 3 is 2.35 bits per heavy atom. The first kappa shape index (κ1) is 29.0. The van der Waals surface area contributed by atoms with Gasteiger partial charge < -0.3 is 15.0 Å². The van der Waals surface area contributed by atoms with Gasteiger partial charge in [-0.05, 0) is 59.9 Å². The van der Waals surface area contributed by atoms with Gasteiger partial charge in [-0.2, -0.15) is 0 Å². The number of nitrogens with one attached hydrogen (secondary N) is 1. The van der Waals surface area contributed by atoms with Gasteiger partial charge in [-0.25, -0.2) is 0 Å². The second kappa shape index (κ2) is 13.8. The van der Waals surface area contributed by atoms with Crippen LogP contribution in [0, 0.1) is 12.8 Å². The van der Waals surface area contributed by atoms with Crippen LogP contribution < -0.4 is 10.1 Å². The number of benzene rings is 3. The Morgan fingerprint density at radius 1 is 0.973 bits per heavy atom. The molecule has 1 N–H and O–H groups in total. The zero-order valence-electron chi connectivity index (χ0n) is 21.1. The molecule has 37 heavy (non-hydrogen) atoms. The van der Waals surface area contributed by atoms with Gasteiger partial charge in [-0.1, -0.05) is 89.4 Å². The number of hydrogen-bond donors (Lipinski definition) is 1. The predicted molar refractivity (Wildman–Crippen MR) is 153 cm³/mol. The Labute approximate surface area is 237 Å². The van der Waals surface area contributed by atoms with Crippen molar-refractivity contribution in [1.82, 2.24) is 10.2 Å². The van der Waals surface area contributed by atoms with Crippen molar-refractivity contribution in [3.8, 4) is 5.75 Å². The largest absolute Gasteiger partial charge is 0.484 e. The first-order valence-electron chi connectivity index (χ1n) is 12.1. The molecule has 8 heteroatoms. The minimum atomic E-state index is -0.752. The molecular formula is C29H31BrCl2N2O3. The molecule has 196 valence electrons. The molecule has 0 bridgehead atoms. The van der Waals surface area contributed by atoms with Gasteiger partial charge in [0.2, 0.25) is 5.91 Å². The minimum absolute atomic E-state index is 0.172. The molecule has 2 amide bonds. The molecule has 0 aliphatic heterocycles. The molecule has 1 unspecified atom stereocenters. The molecular weight excluding hydrogens is 575 g/mol. The summed E-state index contributed by atoms with van der Waals surface area (Å²) in [7, 11) is 0. The molecule has 3 rings (SSSR count). The van der Waals surface area contributed by atoms with E-state index in [-0.39, 0.29) is 30.9 Å². The molecule has 3 aromatic carbocycles. The van der Waals surface area contributed by atoms with Crippen molar-refractivity contribution in [3.05, 3.63) is 97.9 Å². The molecule has 0 aliphatic rings. The number of ether oxygens (including phenoxy) is 1.